The Morgan fingerprint density at radius 3 is 2.00 bits per heavy atom. The minimum atomic E-state index is 0.302. The molecule has 0 aliphatic carbocycles. The molecule has 1 aliphatic heterocycles. The number of carbonyl (C=O) groups is 1. The van der Waals surface area contributed by atoms with Gasteiger partial charge in [0, 0.05) is 20.0 Å². The van der Waals surface area contributed by atoms with Gasteiger partial charge in [-0.05, 0) is 12.8 Å². The van der Waals surface area contributed by atoms with Gasteiger partial charge in [0.05, 0.1) is 0 Å². The molecule has 0 unspecified atom stereocenters. The molecule has 0 atom stereocenters. The van der Waals surface area contributed by atoms with Crippen LogP contribution in [0.25, 0.3) is 0 Å². The minimum absolute atomic E-state index is 0.302. The van der Waals surface area contributed by atoms with E-state index in [1.54, 1.807) is 4.90 Å². The third kappa shape index (κ3) is 11.6. The Kier molecular flexibility index (Phi) is 17.9. The molecule has 82 valence electrons. The number of likely N-dealkylation sites (tertiary alicyclic amines) is 1. The second-order valence-electron chi connectivity index (χ2n) is 2.33. The van der Waals surface area contributed by atoms with Crippen LogP contribution in [0.2, 0.25) is 0 Å². The molecule has 0 aromatic heterocycles. The van der Waals surface area contributed by atoms with E-state index in [-0.39, 0.29) is 0 Å². The van der Waals surface area contributed by atoms with Crippen molar-refractivity contribution in [1.29, 1.82) is 0 Å². The summed E-state index contributed by atoms with van der Waals surface area (Å²) in [4.78, 5) is 12.5. The predicted octanol–water partition coefficient (Wildman–Crippen LogP) is 0.430. The molecule has 1 aliphatic rings. The van der Waals surface area contributed by atoms with Gasteiger partial charge >= 0.3 is 50.5 Å². The van der Waals surface area contributed by atoms with Crippen LogP contribution in [0.1, 0.15) is 33.1 Å². The Hall–Kier alpha value is 1.66. The molecule has 0 aromatic rings. The number of halogens is 3. The first-order valence-corrected chi connectivity index (χ1v) is 16.9. The van der Waals surface area contributed by atoms with E-state index in [2.05, 4.69) is 37.2 Å². The van der Waals surface area contributed by atoms with E-state index in [0.717, 1.165) is 19.4 Å². The Morgan fingerprint density at radius 2 is 1.77 bits per heavy atom. The van der Waals surface area contributed by atoms with Crippen LogP contribution in [0, 0.1) is 0 Å². The van der Waals surface area contributed by atoms with Crippen LogP contribution in [0.5, 0.6) is 0 Å². The SMILES string of the molecule is CC.CN1CCCCC1=O.I[I-]I. The second-order valence-corrected chi connectivity index (χ2v) is 18.6. The number of hydrogen-bond acceptors (Lipinski definition) is 1. The first-order chi connectivity index (χ1) is 6.22. The maximum absolute atomic E-state index is 10.7. The summed E-state index contributed by atoms with van der Waals surface area (Å²) in [5, 5.41) is 0. The van der Waals surface area contributed by atoms with Crippen LogP contribution in [-0.4, -0.2) is 24.4 Å². The van der Waals surface area contributed by atoms with Gasteiger partial charge < -0.3 is 4.90 Å². The summed E-state index contributed by atoms with van der Waals surface area (Å²) in [7, 11) is 1.86. The molecule has 1 saturated heterocycles. The van der Waals surface area contributed by atoms with Crippen molar-refractivity contribution in [2.24, 2.45) is 0 Å². The molecular weight excluding hydrogens is 507 g/mol. The summed E-state index contributed by atoms with van der Waals surface area (Å²) < 4.78 is 0. The molecule has 0 radical (unpaired) electrons. The second kappa shape index (κ2) is 13.7. The topological polar surface area (TPSA) is 20.3 Å². The Balaban J connectivity index is 0. The first-order valence-electron chi connectivity index (χ1n) is 4.33. The van der Waals surface area contributed by atoms with E-state index in [1.165, 1.54) is 6.42 Å². The number of hydrogen-bond donors (Lipinski definition) is 0. The van der Waals surface area contributed by atoms with Crippen molar-refractivity contribution in [1.82, 2.24) is 4.90 Å². The van der Waals surface area contributed by atoms with E-state index in [4.69, 9.17) is 0 Å². The van der Waals surface area contributed by atoms with Gasteiger partial charge in [0.25, 0.3) is 0 Å². The predicted molar refractivity (Wildman–Crippen MR) is 70.9 cm³/mol. The van der Waals surface area contributed by atoms with Gasteiger partial charge in [-0.1, -0.05) is 13.8 Å². The third-order valence-corrected chi connectivity index (χ3v) is 1.56. The number of nitrogens with zero attached hydrogens (tertiary/aromatic N) is 1. The molecular formula is C8H17I3NO-. The molecule has 1 heterocycles. The van der Waals surface area contributed by atoms with Gasteiger partial charge in [-0.3, -0.25) is 4.79 Å². The first kappa shape index (κ1) is 17.1. The monoisotopic (exact) mass is 524 g/mol. The van der Waals surface area contributed by atoms with Crippen LogP contribution in [0.3, 0.4) is 0 Å². The molecule has 0 bridgehead atoms. The van der Waals surface area contributed by atoms with Gasteiger partial charge in [-0.25, -0.2) is 0 Å². The van der Waals surface area contributed by atoms with Gasteiger partial charge in [0.15, 0.2) is 0 Å². The van der Waals surface area contributed by atoms with E-state index < -0.39 is 0 Å². The molecule has 1 amide bonds. The zero-order valence-corrected chi connectivity index (χ0v) is 14.8. The van der Waals surface area contributed by atoms with Crippen molar-refractivity contribution < 1.29 is 18.0 Å². The average Bonchev–Trinajstić information content (AvgIpc) is 2.15. The van der Waals surface area contributed by atoms with E-state index in [0.29, 0.717) is 19.2 Å². The molecule has 0 N–H and O–H groups in total. The fourth-order valence-electron chi connectivity index (χ4n) is 0.941. The zero-order valence-electron chi connectivity index (χ0n) is 8.32. The Bertz CT molecular complexity index is 122. The van der Waals surface area contributed by atoms with Gasteiger partial charge in [-0.15, -0.1) is 0 Å². The van der Waals surface area contributed by atoms with E-state index in [9.17, 15) is 4.79 Å². The molecule has 2 nitrogen and oxygen atoms in total. The molecule has 5 heteroatoms. The molecule has 0 spiro atoms. The van der Waals surface area contributed by atoms with Crippen molar-refractivity contribution in [2.75, 3.05) is 13.6 Å². The summed E-state index contributed by atoms with van der Waals surface area (Å²) in [5.41, 5.74) is 0. The van der Waals surface area contributed by atoms with Crippen molar-refractivity contribution in [3.8, 4) is 0 Å². The summed E-state index contributed by atoms with van der Waals surface area (Å²) >= 11 is 5.30. The van der Waals surface area contributed by atoms with Crippen LogP contribution in [0.15, 0.2) is 0 Å². The van der Waals surface area contributed by atoms with Gasteiger partial charge in [0.1, 0.15) is 0 Å². The van der Waals surface area contributed by atoms with Crippen molar-refractivity contribution in [3.63, 3.8) is 0 Å². The number of carbonyl (C=O) groups excluding carboxylic acids is 1. The zero-order chi connectivity index (χ0) is 10.7. The van der Waals surface area contributed by atoms with Crippen molar-refractivity contribution in [3.05, 3.63) is 0 Å². The maximum atomic E-state index is 10.7. The Morgan fingerprint density at radius 1 is 1.31 bits per heavy atom. The number of rotatable bonds is 0. The third-order valence-electron chi connectivity index (χ3n) is 1.56. The summed E-state index contributed by atoms with van der Waals surface area (Å²) in [5.74, 6) is 0.302. The van der Waals surface area contributed by atoms with Crippen LogP contribution >= 0.6 is 37.2 Å². The normalized spacial score (nSPS) is 15.5. The summed E-state index contributed by atoms with van der Waals surface area (Å²) in [6.07, 6.45) is 3.03. The van der Waals surface area contributed by atoms with Gasteiger partial charge in [0.2, 0.25) is 5.91 Å². The summed E-state index contributed by atoms with van der Waals surface area (Å²) in [6.45, 7) is 4.96. The summed E-state index contributed by atoms with van der Waals surface area (Å²) in [6, 6.07) is 0. The average molecular weight is 524 g/mol. The number of amides is 1. The van der Waals surface area contributed by atoms with Crippen molar-refractivity contribution >= 4 is 43.1 Å². The van der Waals surface area contributed by atoms with E-state index >= 15 is 0 Å². The quantitative estimate of drug-likeness (QED) is 0.422. The number of piperidine rings is 1. The molecule has 0 saturated carbocycles. The molecule has 13 heavy (non-hydrogen) atoms. The van der Waals surface area contributed by atoms with Gasteiger partial charge in [-0.2, -0.15) is 0 Å². The molecule has 1 fully saturated rings. The van der Waals surface area contributed by atoms with E-state index in [1.807, 2.05) is 20.9 Å². The van der Waals surface area contributed by atoms with Crippen molar-refractivity contribution in [2.45, 2.75) is 33.1 Å². The fourth-order valence-corrected chi connectivity index (χ4v) is 0.941. The van der Waals surface area contributed by atoms with Crippen LogP contribution in [-0.2, 0) is 4.79 Å². The molecule has 1 rings (SSSR count). The Labute approximate surface area is 111 Å². The standard InChI is InChI=1S/C6H11NO.C2H6.I3/c1-7-5-3-2-4-6(7)8;1-2;1-3-2/h2-5H2,1H3;1-2H3;/q;;-1. The van der Waals surface area contributed by atoms with Crippen LogP contribution < -0.4 is 13.3 Å². The fraction of sp³-hybridized carbons (Fsp3) is 0.875. The van der Waals surface area contributed by atoms with Crippen LogP contribution in [0.4, 0.5) is 0 Å². The molecule has 0 aromatic carbocycles.